The molecule has 98 valence electrons. The zero-order chi connectivity index (χ0) is 13.4. The molecule has 0 N–H and O–H groups in total. The third-order valence-corrected chi connectivity index (χ3v) is 5.49. The molecule has 0 atom stereocenters. The summed E-state index contributed by atoms with van der Waals surface area (Å²) in [6, 6.07) is 8.23. The summed E-state index contributed by atoms with van der Waals surface area (Å²) in [5.74, 6) is -0.390. The van der Waals surface area contributed by atoms with Crippen molar-refractivity contribution in [2.24, 2.45) is 0 Å². The van der Waals surface area contributed by atoms with Crippen molar-refractivity contribution in [3.63, 3.8) is 0 Å². The number of hydrogen-bond donors (Lipinski definition) is 0. The Labute approximate surface area is 113 Å². The van der Waals surface area contributed by atoms with Crippen molar-refractivity contribution < 1.29 is 18.9 Å². The summed E-state index contributed by atoms with van der Waals surface area (Å²) >= 11 is 0. The number of ether oxygens (including phenoxy) is 4. The first-order chi connectivity index (χ1) is 8.74. The molecule has 0 saturated carbocycles. The van der Waals surface area contributed by atoms with Gasteiger partial charge in [-0.3, -0.25) is 0 Å². The predicted molar refractivity (Wildman–Crippen MR) is 72.8 cm³/mol. The van der Waals surface area contributed by atoms with E-state index in [2.05, 4.69) is 12.1 Å². The second kappa shape index (κ2) is 8.57. The van der Waals surface area contributed by atoms with Gasteiger partial charge in [0.1, 0.15) is 11.8 Å². The quantitative estimate of drug-likeness (QED) is 0.476. The molecule has 0 unspecified atom stereocenters. The van der Waals surface area contributed by atoms with Crippen LogP contribution in [0, 0.1) is 0 Å². The first kappa shape index (κ1) is 15.6. The molecule has 1 aromatic rings. The van der Waals surface area contributed by atoms with Gasteiger partial charge >= 0.3 is 0 Å². The van der Waals surface area contributed by atoms with Crippen molar-refractivity contribution in [3.05, 3.63) is 24.3 Å². The molecule has 18 heavy (non-hydrogen) atoms. The van der Waals surface area contributed by atoms with Crippen LogP contribution in [-0.4, -0.2) is 59.3 Å². The van der Waals surface area contributed by atoms with Gasteiger partial charge in [-0.15, -0.1) is 0 Å². The number of benzene rings is 1. The van der Waals surface area contributed by atoms with Crippen LogP contribution in [-0.2, 0) is 18.9 Å². The van der Waals surface area contributed by atoms with Crippen LogP contribution in [0.25, 0.3) is 0 Å². The lowest BCUT2D eigenvalue weighted by Crippen LogP contribution is -2.45. The molecule has 1 rings (SSSR count). The third kappa shape index (κ3) is 4.64. The average molecular weight is 282 g/mol. The summed E-state index contributed by atoms with van der Waals surface area (Å²) in [5.41, 5.74) is 0. The fourth-order valence-electron chi connectivity index (χ4n) is 1.42. The Hall–Kier alpha value is -0.506. The third-order valence-electron chi connectivity index (χ3n) is 2.33. The minimum Gasteiger partial charge on any atom is -0.360 e. The van der Waals surface area contributed by atoms with Crippen molar-refractivity contribution in [1.82, 2.24) is 0 Å². The minimum atomic E-state index is -0.195. The van der Waals surface area contributed by atoms with E-state index < -0.39 is 0 Å². The fourth-order valence-corrected chi connectivity index (χ4v) is 3.69. The van der Waals surface area contributed by atoms with Gasteiger partial charge in [-0.1, -0.05) is 34.6 Å². The highest BCUT2D eigenvalue weighted by Crippen LogP contribution is 1.92. The van der Waals surface area contributed by atoms with E-state index in [1.807, 2.05) is 12.1 Å². The number of rotatable bonds is 8. The van der Waals surface area contributed by atoms with E-state index in [0.29, 0.717) is 19.0 Å². The largest absolute Gasteiger partial charge is 0.360 e. The van der Waals surface area contributed by atoms with Crippen molar-refractivity contribution in [2.45, 2.75) is 11.8 Å². The smallest absolute Gasteiger partial charge is 0.156 e. The van der Waals surface area contributed by atoms with Crippen molar-refractivity contribution >= 4 is 29.4 Å². The highest BCUT2D eigenvalue weighted by Gasteiger charge is 2.15. The summed E-state index contributed by atoms with van der Waals surface area (Å²) in [6.07, 6.45) is 0. The van der Waals surface area contributed by atoms with Crippen LogP contribution >= 0.6 is 0 Å². The lowest BCUT2D eigenvalue weighted by atomic mass is 10.4. The summed E-state index contributed by atoms with van der Waals surface area (Å²) < 4.78 is 21.0. The molecule has 0 fully saturated rings. The first-order valence-corrected chi connectivity index (χ1v) is 7.64. The van der Waals surface area contributed by atoms with Gasteiger partial charge in [0.25, 0.3) is 0 Å². The fraction of sp³-hybridized carbons (Fsp3) is 0.500. The van der Waals surface area contributed by atoms with Crippen molar-refractivity contribution in [1.29, 1.82) is 0 Å². The molecule has 0 aliphatic rings. The van der Waals surface area contributed by atoms with Gasteiger partial charge in [0, 0.05) is 28.4 Å². The molecule has 0 spiro atoms. The first-order valence-electron chi connectivity index (χ1n) is 5.48. The number of methoxy groups -OCH3 is 4. The highest BCUT2D eigenvalue weighted by atomic mass is 28.2. The van der Waals surface area contributed by atoms with Crippen LogP contribution in [0.3, 0.4) is 0 Å². The average Bonchev–Trinajstić information content (AvgIpc) is 2.43. The molecule has 0 bridgehead atoms. The van der Waals surface area contributed by atoms with E-state index in [4.69, 9.17) is 18.9 Å². The molecular formula is C12H18O4Si2. The lowest BCUT2D eigenvalue weighted by molar-refractivity contribution is -0.0434. The van der Waals surface area contributed by atoms with E-state index in [9.17, 15) is 0 Å². The van der Waals surface area contributed by atoms with E-state index in [1.165, 1.54) is 10.4 Å². The molecule has 0 amide bonds. The monoisotopic (exact) mass is 282 g/mol. The zero-order valence-electron chi connectivity index (χ0n) is 11.1. The Morgan fingerprint density at radius 1 is 0.722 bits per heavy atom. The molecule has 0 aliphatic carbocycles. The van der Waals surface area contributed by atoms with E-state index in [0.717, 1.165) is 0 Å². The molecular weight excluding hydrogens is 264 g/mol. The van der Waals surface area contributed by atoms with Crippen LogP contribution in [0.5, 0.6) is 0 Å². The van der Waals surface area contributed by atoms with Gasteiger partial charge in [0.15, 0.2) is 19.0 Å². The lowest BCUT2D eigenvalue weighted by Gasteiger charge is -2.17. The van der Waals surface area contributed by atoms with Crippen LogP contribution in [0.2, 0.25) is 0 Å². The highest BCUT2D eigenvalue weighted by molar-refractivity contribution is 6.67. The Morgan fingerprint density at radius 2 is 1.06 bits per heavy atom. The number of hydrogen-bond acceptors (Lipinski definition) is 4. The minimum absolute atomic E-state index is 0.195. The van der Waals surface area contributed by atoms with Gasteiger partial charge in [-0.25, -0.2) is 0 Å². The normalized spacial score (nSPS) is 11.4. The van der Waals surface area contributed by atoms with Crippen LogP contribution in [0.15, 0.2) is 24.3 Å². The molecule has 0 heterocycles. The summed E-state index contributed by atoms with van der Waals surface area (Å²) in [4.78, 5) is 0. The maximum atomic E-state index is 5.25. The maximum Gasteiger partial charge on any atom is 0.156 e. The molecule has 1 aromatic carbocycles. The molecule has 0 aliphatic heterocycles. The molecule has 4 nitrogen and oxygen atoms in total. The predicted octanol–water partition coefficient (Wildman–Crippen LogP) is -0.502. The summed E-state index contributed by atoms with van der Waals surface area (Å²) in [6.45, 7) is 0. The van der Waals surface area contributed by atoms with Crippen molar-refractivity contribution in [2.75, 3.05) is 28.4 Å². The van der Waals surface area contributed by atoms with Crippen LogP contribution < -0.4 is 10.4 Å². The van der Waals surface area contributed by atoms with Gasteiger partial charge in [-0.2, -0.15) is 0 Å². The second-order valence-electron chi connectivity index (χ2n) is 3.44. The van der Waals surface area contributed by atoms with Gasteiger partial charge in [0.2, 0.25) is 0 Å². The summed E-state index contributed by atoms with van der Waals surface area (Å²) in [5, 5.41) is 2.45. The molecule has 4 radical (unpaired) electrons. The van der Waals surface area contributed by atoms with E-state index in [-0.39, 0.29) is 11.8 Å². The molecule has 0 aromatic heterocycles. The standard InChI is InChI=1S/C12H18O4Si2/c1-13-11(14-2)17-9-7-5-6-8-10(9)18-12(15-3)16-4/h5-8,11-12H,1-4H3. The Morgan fingerprint density at radius 3 is 1.33 bits per heavy atom. The Balaban J connectivity index is 2.78. The second-order valence-corrected chi connectivity index (χ2v) is 6.04. The molecule has 0 saturated heterocycles. The van der Waals surface area contributed by atoms with Gasteiger partial charge in [-0.05, 0) is 0 Å². The summed E-state index contributed by atoms with van der Waals surface area (Å²) in [7, 11) is 7.50. The van der Waals surface area contributed by atoms with E-state index >= 15 is 0 Å². The SMILES string of the molecule is COC(OC)[Si]c1ccccc1[Si]C(OC)OC. The maximum absolute atomic E-state index is 5.25. The Bertz CT molecular complexity index is 308. The van der Waals surface area contributed by atoms with E-state index in [1.54, 1.807) is 28.4 Å². The van der Waals surface area contributed by atoms with Crippen LogP contribution in [0.1, 0.15) is 0 Å². The zero-order valence-corrected chi connectivity index (χ0v) is 13.1. The Kier molecular flexibility index (Phi) is 7.40. The van der Waals surface area contributed by atoms with Gasteiger partial charge < -0.3 is 18.9 Å². The van der Waals surface area contributed by atoms with Gasteiger partial charge in [0.05, 0.1) is 0 Å². The molecule has 6 heteroatoms. The topological polar surface area (TPSA) is 36.9 Å². The van der Waals surface area contributed by atoms with Crippen LogP contribution in [0.4, 0.5) is 0 Å². The van der Waals surface area contributed by atoms with Crippen molar-refractivity contribution in [3.8, 4) is 0 Å².